The first-order valence-corrected chi connectivity index (χ1v) is 13.6. The van der Waals surface area contributed by atoms with E-state index in [1.165, 1.54) is 24.4 Å². The van der Waals surface area contributed by atoms with E-state index in [1.54, 1.807) is 0 Å². The molecular weight excluding hydrogens is 458 g/mol. The number of carbonyl (C=O) groups is 2. The lowest BCUT2D eigenvalue weighted by Gasteiger charge is -2.46. The minimum Gasteiger partial charge on any atom is -0.369 e. The molecule has 1 aliphatic heterocycles. The van der Waals surface area contributed by atoms with Crippen LogP contribution in [0.4, 0.5) is 0 Å². The highest BCUT2D eigenvalue weighted by Gasteiger charge is 2.83. The number of aromatic nitrogens is 2. The number of hydrogen-bond acceptors (Lipinski definition) is 6. The van der Waals surface area contributed by atoms with E-state index in [1.807, 2.05) is 30.3 Å². The molecule has 4 N–H and O–H groups in total. The van der Waals surface area contributed by atoms with E-state index in [2.05, 4.69) is 21.4 Å². The maximum absolute atomic E-state index is 13.6. The Bertz CT molecular complexity index is 1170. The fraction of sp³-hybridized carbons (Fsp3) is 0.556. The van der Waals surface area contributed by atoms with Gasteiger partial charge in [0.05, 0.1) is 5.41 Å². The van der Waals surface area contributed by atoms with Crippen LogP contribution in [0.5, 0.6) is 0 Å². The second kappa shape index (κ2) is 8.23. The molecule has 4 atom stereocenters. The molecule has 2 bridgehead atoms. The fourth-order valence-electron chi connectivity index (χ4n) is 7.78. The molecule has 2 saturated carbocycles. The SMILES string of the molecule is NC(=O)[C@]1(CCCCN2CCCC2)[C@@H]2C=C[C@@H](C23CC3)[C@@]1(C(N)=O)c1nc(-c2ccccc2)ns1. The van der Waals surface area contributed by atoms with E-state index in [9.17, 15) is 9.59 Å². The van der Waals surface area contributed by atoms with Gasteiger partial charge in [-0.15, -0.1) is 0 Å². The summed E-state index contributed by atoms with van der Waals surface area (Å²) < 4.78 is 4.62. The third-order valence-corrected chi connectivity index (χ3v) is 10.2. The van der Waals surface area contributed by atoms with Crippen molar-refractivity contribution >= 4 is 23.3 Å². The van der Waals surface area contributed by atoms with Crippen molar-refractivity contribution in [2.45, 2.75) is 50.4 Å². The lowest BCUT2D eigenvalue weighted by molar-refractivity contribution is -0.143. The Morgan fingerprint density at radius 3 is 2.37 bits per heavy atom. The second-order valence-electron chi connectivity index (χ2n) is 10.9. The van der Waals surface area contributed by atoms with Gasteiger partial charge in [-0.1, -0.05) is 48.9 Å². The van der Waals surface area contributed by atoms with Gasteiger partial charge in [0, 0.05) is 11.5 Å². The zero-order valence-corrected chi connectivity index (χ0v) is 20.8. The standard InChI is InChI=1S/C27H33N5O2S/c28-22(33)26(12-4-5-15-32-16-6-7-17-32)19-10-11-20(25(19)13-14-25)27(26,23(29)34)24-30-21(31-35-24)18-8-2-1-3-9-18/h1-3,8-11,19-20H,4-7,12-17H2,(H2,28,33)(H2,29,34)/t19-,20+,26+,27-/m1/s1. The van der Waals surface area contributed by atoms with E-state index < -0.39 is 22.6 Å². The van der Waals surface area contributed by atoms with Crippen LogP contribution in [0.15, 0.2) is 42.5 Å². The number of benzene rings is 1. The molecule has 0 unspecified atom stereocenters. The first-order valence-electron chi connectivity index (χ1n) is 12.9. The number of unbranched alkanes of at least 4 members (excludes halogenated alkanes) is 1. The molecule has 3 fully saturated rings. The van der Waals surface area contributed by atoms with Crippen LogP contribution < -0.4 is 11.5 Å². The zero-order valence-electron chi connectivity index (χ0n) is 20.0. The molecule has 0 radical (unpaired) electrons. The first kappa shape index (κ1) is 22.9. The van der Waals surface area contributed by atoms with E-state index in [0.29, 0.717) is 17.3 Å². The third-order valence-electron chi connectivity index (χ3n) is 9.38. The number of rotatable bonds is 9. The average molecular weight is 492 g/mol. The quantitative estimate of drug-likeness (QED) is 0.413. The van der Waals surface area contributed by atoms with Gasteiger partial charge >= 0.3 is 0 Å². The molecule has 3 aliphatic carbocycles. The summed E-state index contributed by atoms with van der Waals surface area (Å²) in [5.74, 6) is -0.594. The molecule has 7 nitrogen and oxygen atoms in total. The molecule has 1 spiro atoms. The molecular formula is C27H33N5O2S. The molecule has 2 aromatic rings. The Hall–Kier alpha value is -2.58. The number of amides is 2. The Morgan fingerprint density at radius 1 is 1.00 bits per heavy atom. The highest BCUT2D eigenvalue weighted by molar-refractivity contribution is 7.06. The molecule has 2 amide bonds. The monoisotopic (exact) mass is 491 g/mol. The molecule has 1 aromatic heterocycles. The van der Waals surface area contributed by atoms with Crippen molar-refractivity contribution < 1.29 is 9.59 Å². The predicted octanol–water partition coefficient (Wildman–Crippen LogP) is 3.26. The predicted molar refractivity (Wildman–Crippen MR) is 135 cm³/mol. The van der Waals surface area contributed by atoms with E-state index in [-0.39, 0.29) is 17.3 Å². The summed E-state index contributed by atoms with van der Waals surface area (Å²) >= 11 is 1.20. The normalized spacial score (nSPS) is 32.5. The summed E-state index contributed by atoms with van der Waals surface area (Å²) in [5, 5.41) is 0.547. The van der Waals surface area contributed by atoms with Gasteiger partial charge < -0.3 is 16.4 Å². The topological polar surface area (TPSA) is 115 Å². The highest BCUT2D eigenvalue weighted by Crippen LogP contribution is 2.80. The maximum atomic E-state index is 13.6. The number of primary amides is 2. The third kappa shape index (κ3) is 3.05. The van der Waals surface area contributed by atoms with Crippen LogP contribution in [0.2, 0.25) is 0 Å². The Kier molecular flexibility index (Phi) is 5.38. The number of hydrogen-bond donors (Lipinski definition) is 2. The maximum Gasteiger partial charge on any atom is 0.232 e. The molecule has 4 aliphatic rings. The van der Waals surface area contributed by atoms with Gasteiger partial charge in [-0.3, -0.25) is 9.59 Å². The highest BCUT2D eigenvalue weighted by atomic mass is 32.1. The Balaban J connectivity index is 1.42. The van der Waals surface area contributed by atoms with Gasteiger partial charge in [-0.25, -0.2) is 4.98 Å². The summed E-state index contributed by atoms with van der Waals surface area (Å²) in [6, 6.07) is 9.72. The summed E-state index contributed by atoms with van der Waals surface area (Å²) in [6.45, 7) is 3.32. The molecule has 6 rings (SSSR count). The Morgan fingerprint density at radius 2 is 1.71 bits per heavy atom. The van der Waals surface area contributed by atoms with Crippen LogP contribution in [0.3, 0.4) is 0 Å². The van der Waals surface area contributed by atoms with E-state index in [0.717, 1.165) is 50.9 Å². The van der Waals surface area contributed by atoms with E-state index >= 15 is 0 Å². The van der Waals surface area contributed by atoms with Gasteiger partial charge in [0.15, 0.2) is 5.82 Å². The minimum atomic E-state index is -1.26. The minimum absolute atomic E-state index is 0.0825. The van der Waals surface area contributed by atoms with Crippen LogP contribution in [-0.4, -0.2) is 45.7 Å². The van der Waals surface area contributed by atoms with Crippen molar-refractivity contribution in [1.29, 1.82) is 0 Å². The van der Waals surface area contributed by atoms with Crippen molar-refractivity contribution in [1.82, 2.24) is 14.3 Å². The van der Waals surface area contributed by atoms with Crippen molar-refractivity contribution in [2.24, 2.45) is 34.1 Å². The van der Waals surface area contributed by atoms with Crippen LogP contribution in [0.1, 0.15) is 50.0 Å². The molecule has 2 heterocycles. The van der Waals surface area contributed by atoms with Crippen LogP contribution in [-0.2, 0) is 15.0 Å². The molecule has 1 aromatic carbocycles. The van der Waals surface area contributed by atoms with Crippen molar-refractivity contribution in [3.05, 3.63) is 47.5 Å². The van der Waals surface area contributed by atoms with Gasteiger partial charge in [0.2, 0.25) is 11.8 Å². The summed E-state index contributed by atoms with van der Waals surface area (Å²) in [6.07, 6.45) is 11.1. The lowest BCUT2D eigenvalue weighted by Crippen LogP contribution is -2.62. The molecule has 8 heteroatoms. The van der Waals surface area contributed by atoms with E-state index in [4.69, 9.17) is 16.5 Å². The number of carbonyl (C=O) groups excluding carboxylic acids is 2. The van der Waals surface area contributed by atoms with Gasteiger partial charge in [0.25, 0.3) is 0 Å². The molecule has 184 valence electrons. The number of nitrogens with two attached hydrogens (primary N) is 2. The number of allylic oxidation sites excluding steroid dienone is 2. The first-order chi connectivity index (χ1) is 17.0. The van der Waals surface area contributed by atoms with Gasteiger partial charge in [0.1, 0.15) is 10.4 Å². The molecule has 35 heavy (non-hydrogen) atoms. The fourth-order valence-corrected chi connectivity index (χ4v) is 8.78. The molecule has 1 saturated heterocycles. The smallest absolute Gasteiger partial charge is 0.232 e. The van der Waals surface area contributed by atoms with Gasteiger partial charge in [-0.05, 0) is 81.0 Å². The average Bonchev–Trinajstić information content (AvgIpc) is 3.21. The summed E-state index contributed by atoms with van der Waals surface area (Å²) in [4.78, 5) is 34.6. The summed E-state index contributed by atoms with van der Waals surface area (Å²) in [7, 11) is 0. The summed E-state index contributed by atoms with van der Waals surface area (Å²) in [5.41, 5.74) is 11.1. The van der Waals surface area contributed by atoms with Crippen molar-refractivity contribution in [3.8, 4) is 11.4 Å². The van der Waals surface area contributed by atoms with Crippen molar-refractivity contribution in [2.75, 3.05) is 19.6 Å². The zero-order chi connectivity index (χ0) is 24.3. The van der Waals surface area contributed by atoms with Crippen molar-refractivity contribution in [3.63, 3.8) is 0 Å². The lowest BCUT2D eigenvalue weighted by atomic mass is 9.55. The van der Waals surface area contributed by atoms with Crippen LogP contribution in [0, 0.1) is 22.7 Å². The number of nitrogens with zero attached hydrogens (tertiary/aromatic N) is 3. The van der Waals surface area contributed by atoms with Gasteiger partial charge in [-0.2, -0.15) is 4.37 Å². The van der Waals surface area contributed by atoms with Crippen LogP contribution in [0.25, 0.3) is 11.4 Å². The Labute approximate surface area is 210 Å². The van der Waals surface area contributed by atoms with Crippen LogP contribution >= 0.6 is 11.5 Å². The second-order valence-corrected chi connectivity index (χ2v) is 11.6. The number of likely N-dealkylation sites (tertiary alicyclic amines) is 1. The largest absolute Gasteiger partial charge is 0.369 e.